The van der Waals surface area contributed by atoms with Crippen LogP contribution in [0.2, 0.25) is 17.3 Å². The fourth-order valence-corrected chi connectivity index (χ4v) is 6.59. The molecule has 0 bridgehead atoms. The van der Waals surface area contributed by atoms with E-state index in [9.17, 15) is 0 Å². The van der Waals surface area contributed by atoms with Gasteiger partial charge in [0.1, 0.15) is 0 Å². The zero-order valence-electron chi connectivity index (χ0n) is 18.1. The molecule has 0 radical (unpaired) electrons. The molecule has 6 aromatic rings. The van der Waals surface area contributed by atoms with Crippen molar-refractivity contribution in [1.82, 2.24) is 24.7 Å². The van der Waals surface area contributed by atoms with E-state index in [0.29, 0.717) is 11.3 Å². The number of fused-ring (bicyclic) bond motifs is 4. The van der Waals surface area contributed by atoms with Gasteiger partial charge < -0.3 is 0 Å². The minimum atomic E-state index is -1.98. The molecule has 156 valence electrons. The van der Waals surface area contributed by atoms with Gasteiger partial charge in [0.25, 0.3) is 0 Å². The van der Waals surface area contributed by atoms with Crippen molar-refractivity contribution < 1.29 is 4.42 Å². The second-order valence-electron chi connectivity index (χ2n) is 8.96. The molecule has 0 spiro atoms. The molecule has 0 aliphatic rings. The van der Waals surface area contributed by atoms with E-state index in [1.807, 2.05) is 41.0 Å². The topological polar surface area (TPSA) is 69.6 Å². The molecule has 32 heavy (non-hydrogen) atoms. The van der Waals surface area contributed by atoms with Crippen molar-refractivity contribution >= 4 is 50.9 Å². The van der Waals surface area contributed by atoms with Crippen LogP contribution in [0, 0.1) is 0 Å². The first kappa shape index (κ1) is 19.2. The Bertz CT molecular complexity index is 1610. The van der Waals surface area contributed by atoms with E-state index in [1.165, 1.54) is 10.7 Å². The molecule has 3 heterocycles. The average molecular weight is 480 g/mol. The van der Waals surface area contributed by atoms with Gasteiger partial charge in [0, 0.05) is 0 Å². The molecule has 6 rings (SSSR count). The Hall–Kier alpha value is -3.52. The van der Waals surface area contributed by atoms with Crippen molar-refractivity contribution in [2.45, 2.75) is 17.3 Å². The number of hydrogen-bond acceptors (Lipinski definition) is 5. The summed E-state index contributed by atoms with van der Waals surface area (Å²) in [5.74, 6) is 7.92. The molecule has 0 saturated heterocycles. The first-order chi connectivity index (χ1) is 15.5. The molecule has 0 aliphatic carbocycles. The summed E-state index contributed by atoms with van der Waals surface area (Å²) in [5.41, 5.74) is 4.76. The number of imidazole rings is 1. The summed E-state index contributed by atoms with van der Waals surface area (Å²) in [7, 11) is 0. The Kier molecular flexibility index (Phi) is 4.20. The van der Waals surface area contributed by atoms with E-state index < -0.39 is 13.3 Å². The van der Waals surface area contributed by atoms with Crippen molar-refractivity contribution in [3.05, 3.63) is 73.1 Å². The van der Waals surface area contributed by atoms with Gasteiger partial charge in [0.15, 0.2) is 0 Å². The van der Waals surface area contributed by atoms with E-state index in [-0.39, 0.29) is 0 Å². The maximum absolute atomic E-state index is 6.48. The van der Waals surface area contributed by atoms with Crippen LogP contribution in [-0.4, -0.2) is 38.0 Å². The molecule has 7 heteroatoms. The number of nitrogens with zero attached hydrogens (tertiary/aromatic N) is 5. The van der Waals surface area contributed by atoms with Gasteiger partial charge in [-0.3, -0.25) is 0 Å². The Morgan fingerprint density at radius 3 is 2.53 bits per heavy atom. The molecule has 0 unspecified atom stereocenters. The van der Waals surface area contributed by atoms with Crippen molar-refractivity contribution in [1.29, 1.82) is 0 Å². The Morgan fingerprint density at radius 1 is 0.875 bits per heavy atom. The van der Waals surface area contributed by atoms with E-state index in [0.717, 1.165) is 39.0 Å². The first-order valence-corrected chi connectivity index (χ1v) is 17.9. The quantitative estimate of drug-likeness (QED) is 0.321. The van der Waals surface area contributed by atoms with Gasteiger partial charge in [-0.1, -0.05) is 0 Å². The summed E-state index contributed by atoms with van der Waals surface area (Å²) >= 11 is -1.98. The van der Waals surface area contributed by atoms with Crippen LogP contribution in [0.1, 0.15) is 0 Å². The van der Waals surface area contributed by atoms with Gasteiger partial charge in [0.05, 0.1) is 0 Å². The SMILES string of the molecule is [CH3][Ge]([CH3])([CH3])[c]1ccc2c(c1)oc1c(-c3nc4ncnnc4n3-c3ccccc3)cccc12. The van der Waals surface area contributed by atoms with Crippen LogP contribution in [0.5, 0.6) is 0 Å². The fraction of sp³-hybridized carbons (Fsp3) is 0.120. The Morgan fingerprint density at radius 2 is 1.72 bits per heavy atom. The fourth-order valence-electron chi connectivity index (χ4n) is 4.18. The van der Waals surface area contributed by atoms with Gasteiger partial charge in [-0.2, -0.15) is 0 Å². The standard InChI is InChI=1S/C25H21GeN5O/c1-26(2,3)16-12-13-18-19-10-7-11-20(22(19)32-21(18)14-16)24-29-23-25(30-28-15-27-23)31(24)17-8-5-4-6-9-17/h4-15H,1-3H3. The number of rotatable bonds is 3. The second kappa shape index (κ2) is 7.00. The Labute approximate surface area is 187 Å². The molecular formula is C25H21GeN5O. The predicted octanol–water partition coefficient (Wildman–Crippen LogP) is 5.32. The van der Waals surface area contributed by atoms with Gasteiger partial charge in [-0.25, -0.2) is 0 Å². The van der Waals surface area contributed by atoms with Gasteiger partial charge in [0.2, 0.25) is 0 Å². The number of benzene rings is 3. The molecule has 0 aliphatic heterocycles. The average Bonchev–Trinajstić information content (AvgIpc) is 3.37. The van der Waals surface area contributed by atoms with E-state index in [2.05, 4.69) is 62.8 Å². The molecule has 0 fully saturated rings. The first-order valence-electron chi connectivity index (χ1n) is 10.6. The van der Waals surface area contributed by atoms with Gasteiger partial charge >= 0.3 is 187 Å². The van der Waals surface area contributed by atoms with Gasteiger partial charge in [-0.15, -0.1) is 0 Å². The third-order valence-electron chi connectivity index (χ3n) is 5.84. The molecule has 0 N–H and O–H groups in total. The number of hydrogen-bond donors (Lipinski definition) is 0. The molecule has 0 amide bonds. The predicted molar refractivity (Wildman–Crippen MR) is 130 cm³/mol. The third-order valence-corrected chi connectivity index (χ3v) is 10.1. The second-order valence-corrected chi connectivity index (χ2v) is 19.6. The maximum atomic E-state index is 6.48. The summed E-state index contributed by atoms with van der Waals surface area (Å²) in [5, 5.41) is 10.5. The van der Waals surface area contributed by atoms with Crippen molar-refractivity contribution in [3.63, 3.8) is 0 Å². The molecule has 0 saturated carbocycles. The normalized spacial score (nSPS) is 12.2. The molecule has 0 atom stereocenters. The minimum absolute atomic E-state index is 0.551. The number of aromatic nitrogens is 5. The van der Waals surface area contributed by atoms with Crippen molar-refractivity contribution in [3.8, 4) is 17.1 Å². The summed E-state index contributed by atoms with van der Waals surface area (Å²) in [6.45, 7) is 0. The van der Waals surface area contributed by atoms with Gasteiger partial charge in [-0.05, 0) is 0 Å². The summed E-state index contributed by atoms with van der Waals surface area (Å²) in [6.07, 6.45) is 1.43. The number of furan rings is 1. The van der Waals surface area contributed by atoms with Crippen LogP contribution >= 0.6 is 0 Å². The molecule has 3 aromatic heterocycles. The third kappa shape index (κ3) is 2.94. The van der Waals surface area contributed by atoms with E-state index in [1.54, 1.807) is 0 Å². The zero-order valence-corrected chi connectivity index (χ0v) is 20.2. The Balaban J connectivity index is 1.67. The summed E-state index contributed by atoms with van der Waals surface area (Å²) in [4.78, 5) is 9.18. The number of para-hydroxylation sites is 2. The summed E-state index contributed by atoms with van der Waals surface area (Å²) in [6, 6.07) is 22.9. The van der Waals surface area contributed by atoms with Crippen LogP contribution in [0.25, 0.3) is 50.3 Å². The van der Waals surface area contributed by atoms with Crippen molar-refractivity contribution in [2.75, 3.05) is 0 Å². The van der Waals surface area contributed by atoms with Crippen LogP contribution < -0.4 is 4.40 Å². The van der Waals surface area contributed by atoms with E-state index in [4.69, 9.17) is 9.40 Å². The molecule has 6 nitrogen and oxygen atoms in total. The zero-order chi connectivity index (χ0) is 21.9. The monoisotopic (exact) mass is 481 g/mol. The van der Waals surface area contributed by atoms with Crippen molar-refractivity contribution in [2.24, 2.45) is 0 Å². The van der Waals surface area contributed by atoms with E-state index >= 15 is 0 Å². The molecular weight excluding hydrogens is 459 g/mol. The van der Waals surface area contributed by atoms with Crippen LogP contribution in [0.4, 0.5) is 0 Å². The summed E-state index contributed by atoms with van der Waals surface area (Å²) < 4.78 is 9.90. The van der Waals surface area contributed by atoms with Crippen LogP contribution in [0.3, 0.4) is 0 Å². The molecule has 3 aromatic carbocycles. The van der Waals surface area contributed by atoms with Crippen LogP contribution in [0.15, 0.2) is 77.5 Å². The van der Waals surface area contributed by atoms with Crippen LogP contribution in [-0.2, 0) is 0 Å².